The Labute approximate surface area is 123 Å². The first-order chi connectivity index (χ1) is 9.60. The number of anilines is 1. The number of nitrogens with zero attached hydrogens (tertiary/aromatic N) is 1. The van der Waals surface area contributed by atoms with Crippen LogP contribution < -0.4 is 11.1 Å². The minimum absolute atomic E-state index is 0.109. The van der Waals surface area contributed by atoms with Crippen LogP contribution in [0.5, 0.6) is 0 Å². The van der Waals surface area contributed by atoms with Crippen LogP contribution in [0, 0.1) is 6.92 Å². The van der Waals surface area contributed by atoms with Crippen LogP contribution in [0.4, 0.5) is 5.82 Å². The van der Waals surface area contributed by atoms with Crippen molar-refractivity contribution in [1.82, 2.24) is 10.3 Å². The average molecular weight is 289 g/mol. The van der Waals surface area contributed by atoms with E-state index in [1.807, 2.05) is 13.0 Å². The lowest BCUT2D eigenvalue weighted by molar-refractivity contribution is 0.0950. The quantitative estimate of drug-likeness (QED) is 0.889. The Morgan fingerprint density at radius 1 is 1.40 bits per heavy atom. The summed E-state index contributed by atoms with van der Waals surface area (Å²) in [7, 11) is 0. The summed E-state index contributed by atoms with van der Waals surface area (Å²) in [4.78, 5) is 16.4. The third-order valence-electron chi connectivity index (χ3n) is 3.07. The van der Waals surface area contributed by atoms with Crippen LogP contribution in [0.3, 0.4) is 0 Å². The third kappa shape index (κ3) is 3.57. The molecule has 0 bridgehead atoms. The summed E-state index contributed by atoms with van der Waals surface area (Å²) in [6.45, 7) is 4.66. The predicted molar refractivity (Wildman–Crippen MR) is 82.9 cm³/mol. The van der Waals surface area contributed by atoms with Gasteiger partial charge in [0, 0.05) is 17.8 Å². The number of rotatable bonds is 5. The minimum atomic E-state index is -0.109. The maximum Gasteiger partial charge on any atom is 0.251 e. The summed E-state index contributed by atoms with van der Waals surface area (Å²) < 4.78 is 0. The molecule has 0 saturated carbocycles. The second-order valence-corrected chi connectivity index (χ2v) is 5.53. The van der Waals surface area contributed by atoms with Gasteiger partial charge in [0.2, 0.25) is 0 Å². The molecule has 0 aromatic carbocycles. The zero-order valence-corrected chi connectivity index (χ0v) is 12.6. The fourth-order valence-electron chi connectivity index (χ4n) is 1.97. The molecular weight excluding hydrogens is 270 g/mol. The Kier molecular flexibility index (Phi) is 4.74. The Morgan fingerprint density at radius 3 is 2.85 bits per heavy atom. The van der Waals surface area contributed by atoms with Crippen molar-refractivity contribution in [3.05, 3.63) is 45.3 Å². The number of aromatic nitrogens is 1. The topological polar surface area (TPSA) is 68.0 Å². The molecule has 0 aliphatic heterocycles. The zero-order chi connectivity index (χ0) is 14.5. The molecule has 0 aliphatic rings. The highest BCUT2D eigenvalue weighted by atomic mass is 32.1. The van der Waals surface area contributed by atoms with E-state index < -0.39 is 0 Å². The number of thiophene rings is 1. The van der Waals surface area contributed by atoms with Gasteiger partial charge in [0.25, 0.3) is 5.91 Å². The second kappa shape index (κ2) is 6.52. The van der Waals surface area contributed by atoms with Gasteiger partial charge in [-0.2, -0.15) is 11.3 Å². The lowest BCUT2D eigenvalue weighted by Gasteiger charge is -2.07. The van der Waals surface area contributed by atoms with Gasteiger partial charge in [-0.15, -0.1) is 0 Å². The molecule has 2 aromatic heterocycles. The molecule has 20 heavy (non-hydrogen) atoms. The lowest BCUT2D eigenvalue weighted by Crippen LogP contribution is -2.23. The Balaban J connectivity index is 2.07. The van der Waals surface area contributed by atoms with E-state index >= 15 is 0 Å². The van der Waals surface area contributed by atoms with Gasteiger partial charge in [-0.3, -0.25) is 4.79 Å². The normalized spacial score (nSPS) is 10.5. The maximum atomic E-state index is 12.2. The number of hydrogen-bond acceptors (Lipinski definition) is 4. The summed E-state index contributed by atoms with van der Waals surface area (Å²) in [5.74, 6) is 0.287. The van der Waals surface area contributed by atoms with E-state index in [1.165, 1.54) is 5.56 Å². The smallest absolute Gasteiger partial charge is 0.251 e. The van der Waals surface area contributed by atoms with Gasteiger partial charge < -0.3 is 11.1 Å². The van der Waals surface area contributed by atoms with Crippen molar-refractivity contribution in [2.45, 2.75) is 33.2 Å². The second-order valence-electron chi connectivity index (χ2n) is 4.78. The number of hydrogen-bond donors (Lipinski definition) is 2. The molecule has 2 aromatic rings. The number of aryl methyl sites for hydroxylation is 2. The monoisotopic (exact) mass is 289 g/mol. The molecule has 2 heterocycles. The number of nitrogen functional groups attached to an aromatic ring is 1. The molecular formula is C15H19N3OS. The van der Waals surface area contributed by atoms with E-state index in [0.717, 1.165) is 24.1 Å². The van der Waals surface area contributed by atoms with E-state index in [-0.39, 0.29) is 5.91 Å². The molecule has 106 valence electrons. The van der Waals surface area contributed by atoms with Crippen LogP contribution in [-0.4, -0.2) is 10.9 Å². The number of nitrogens with two attached hydrogens (primary N) is 1. The third-order valence-corrected chi connectivity index (χ3v) is 3.98. The molecule has 3 N–H and O–H groups in total. The van der Waals surface area contributed by atoms with E-state index in [2.05, 4.69) is 28.0 Å². The molecule has 0 unspecified atom stereocenters. The number of amides is 1. The average Bonchev–Trinajstić information content (AvgIpc) is 2.81. The first kappa shape index (κ1) is 14.5. The van der Waals surface area contributed by atoms with E-state index in [9.17, 15) is 4.79 Å². The summed E-state index contributed by atoms with van der Waals surface area (Å²) in [6, 6.07) is 3.44. The van der Waals surface area contributed by atoms with Gasteiger partial charge in [0.1, 0.15) is 5.82 Å². The fourth-order valence-corrected chi connectivity index (χ4v) is 2.83. The number of carbonyl (C=O) groups excluding carboxylic acids is 1. The van der Waals surface area contributed by atoms with Crippen molar-refractivity contribution < 1.29 is 4.79 Å². The minimum Gasteiger partial charge on any atom is -0.384 e. The molecule has 0 saturated heterocycles. The van der Waals surface area contributed by atoms with Crippen molar-refractivity contribution in [3.8, 4) is 0 Å². The Bertz CT molecular complexity index is 607. The van der Waals surface area contributed by atoms with Crippen LogP contribution in [0.2, 0.25) is 0 Å². The number of nitrogens with one attached hydrogen (secondary N) is 1. The van der Waals surface area contributed by atoms with Gasteiger partial charge >= 0.3 is 0 Å². The van der Waals surface area contributed by atoms with Crippen molar-refractivity contribution in [1.29, 1.82) is 0 Å². The predicted octanol–water partition coefficient (Wildman–Crippen LogP) is 2.92. The van der Waals surface area contributed by atoms with Crippen molar-refractivity contribution in [2.75, 3.05) is 5.73 Å². The highest BCUT2D eigenvalue weighted by Crippen LogP contribution is 2.14. The van der Waals surface area contributed by atoms with E-state index in [4.69, 9.17) is 5.73 Å². The van der Waals surface area contributed by atoms with Gasteiger partial charge in [-0.1, -0.05) is 13.3 Å². The van der Waals surface area contributed by atoms with E-state index in [1.54, 1.807) is 17.4 Å². The highest BCUT2D eigenvalue weighted by molar-refractivity contribution is 7.08. The van der Waals surface area contributed by atoms with Gasteiger partial charge in [-0.05, 0) is 47.4 Å². The molecule has 0 atom stereocenters. The van der Waals surface area contributed by atoms with Gasteiger partial charge in [-0.25, -0.2) is 4.98 Å². The fraction of sp³-hybridized carbons (Fsp3) is 0.333. The largest absolute Gasteiger partial charge is 0.384 e. The molecule has 0 spiro atoms. The number of pyridine rings is 1. The maximum absolute atomic E-state index is 12.2. The molecule has 2 rings (SSSR count). The highest BCUT2D eigenvalue weighted by Gasteiger charge is 2.09. The van der Waals surface area contributed by atoms with Crippen molar-refractivity contribution >= 4 is 23.1 Å². The van der Waals surface area contributed by atoms with Crippen LogP contribution in [0.1, 0.15) is 40.5 Å². The first-order valence-corrected chi connectivity index (χ1v) is 7.60. The molecule has 5 heteroatoms. The standard InChI is InChI=1S/C15H19N3OS/c1-3-4-13-5-11(6-14(16)18-13)15(19)17-7-12-9-20-8-10(12)2/h5-6,8-9H,3-4,7H2,1-2H3,(H2,16,18)(H,17,19). The molecule has 0 aliphatic carbocycles. The SMILES string of the molecule is CCCc1cc(C(=O)NCc2cscc2C)cc(N)n1. The molecule has 0 radical (unpaired) electrons. The Hall–Kier alpha value is -1.88. The summed E-state index contributed by atoms with van der Waals surface area (Å²) in [5.41, 5.74) is 9.55. The van der Waals surface area contributed by atoms with Crippen LogP contribution in [0.25, 0.3) is 0 Å². The molecule has 0 fully saturated rings. The Morgan fingerprint density at radius 2 is 2.20 bits per heavy atom. The summed E-state index contributed by atoms with van der Waals surface area (Å²) >= 11 is 1.64. The van der Waals surface area contributed by atoms with E-state index in [0.29, 0.717) is 17.9 Å². The van der Waals surface area contributed by atoms with Gasteiger partial charge in [0.05, 0.1) is 0 Å². The number of carbonyl (C=O) groups is 1. The molecule has 4 nitrogen and oxygen atoms in total. The first-order valence-electron chi connectivity index (χ1n) is 6.66. The van der Waals surface area contributed by atoms with Crippen molar-refractivity contribution in [2.24, 2.45) is 0 Å². The zero-order valence-electron chi connectivity index (χ0n) is 11.8. The molecule has 1 amide bonds. The summed E-state index contributed by atoms with van der Waals surface area (Å²) in [5, 5.41) is 7.05. The lowest BCUT2D eigenvalue weighted by atomic mass is 10.1. The van der Waals surface area contributed by atoms with Crippen LogP contribution >= 0.6 is 11.3 Å². The van der Waals surface area contributed by atoms with Crippen LogP contribution in [0.15, 0.2) is 22.9 Å². The summed E-state index contributed by atoms with van der Waals surface area (Å²) in [6.07, 6.45) is 1.81. The van der Waals surface area contributed by atoms with Crippen LogP contribution in [-0.2, 0) is 13.0 Å². The van der Waals surface area contributed by atoms with Gasteiger partial charge in [0.15, 0.2) is 0 Å². The van der Waals surface area contributed by atoms with Crippen molar-refractivity contribution in [3.63, 3.8) is 0 Å².